The van der Waals surface area contributed by atoms with E-state index < -0.39 is 16.6 Å². The Morgan fingerprint density at radius 3 is 1.83 bits per heavy atom. The van der Waals surface area contributed by atoms with Gasteiger partial charge in [-0.3, -0.25) is 0 Å². The van der Waals surface area contributed by atoms with E-state index in [0.717, 1.165) is 24.8 Å². The van der Waals surface area contributed by atoms with Crippen molar-refractivity contribution in [2.24, 2.45) is 0 Å². The Hall–Kier alpha value is 0.154. The van der Waals surface area contributed by atoms with Crippen LogP contribution in [0.5, 0.6) is 0 Å². The average Bonchev–Trinajstić information content (AvgIpc) is 2.39. The van der Waals surface area contributed by atoms with Gasteiger partial charge < -0.3 is 8.85 Å². The monoisotopic (exact) mass is 406 g/mol. The minimum Gasteiger partial charge on any atom is -0.412 e. The molecule has 0 spiro atoms. The molecule has 0 N–H and O–H groups in total. The summed E-state index contributed by atoms with van der Waals surface area (Å²) in [7, 11) is -3.53. The van der Waals surface area contributed by atoms with Crippen LogP contribution in [0.3, 0.4) is 0 Å². The lowest BCUT2D eigenvalue weighted by Gasteiger charge is -2.37. The molecule has 0 saturated heterocycles. The largest absolute Gasteiger partial charge is 0.412 e. The third-order valence-electron chi connectivity index (χ3n) is 3.45. The number of hydrogen-bond acceptors (Lipinski definition) is 2. The fourth-order valence-electron chi connectivity index (χ4n) is 2.62. The van der Waals surface area contributed by atoms with Crippen LogP contribution in [0, 0.1) is 0 Å². The minimum atomic E-state index is -1.81. The molecule has 138 valence electrons. The smallest absolute Gasteiger partial charge is 0.184 e. The fourth-order valence-corrected chi connectivity index (χ4v) is 5.41. The van der Waals surface area contributed by atoms with Gasteiger partial charge in [-0.05, 0) is 57.8 Å². The van der Waals surface area contributed by atoms with Crippen molar-refractivity contribution in [2.45, 2.75) is 77.7 Å². The molecular weight excluding hydrogens is 375 g/mol. The second kappa shape index (κ2) is 9.20. The SMILES string of the molecule is CCCC[C@H](O[Si](C)(C)C)[C@@H](O[Si](C)(C)C)c1c(Cl)cccc1Cl. The van der Waals surface area contributed by atoms with Gasteiger partial charge in [0.25, 0.3) is 0 Å². The summed E-state index contributed by atoms with van der Waals surface area (Å²) in [6.45, 7) is 15.4. The van der Waals surface area contributed by atoms with E-state index in [-0.39, 0.29) is 12.2 Å². The summed E-state index contributed by atoms with van der Waals surface area (Å²) in [6, 6.07) is 5.64. The third-order valence-corrected chi connectivity index (χ3v) is 6.08. The first-order valence-electron chi connectivity index (χ1n) is 8.74. The first-order chi connectivity index (χ1) is 10.9. The van der Waals surface area contributed by atoms with E-state index in [1.807, 2.05) is 18.2 Å². The topological polar surface area (TPSA) is 18.5 Å². The molecule has 0 aliphatic rings. The molecule has 1 rings (SSSR count). The standard InChI is InChI=1S/C18H32Cl2O2Si2/c1-8-9-13-16(21-23(2,3)4)18(22-24(5,6)7)17-14(19)11-10-12-15(17)20/h10-12,16,18H,8-9,13H2,1-7H3/t16-,18+/m0/s1. The molecule has 0 aromatic heterocycles. The summed E-state index contributed by atoms with van der Waals surface area (Å²) < 4.78 is 13.1. The number of unbranched alkanes of at least 4 members (excludes halogenated alkanes) is 1. The highest BCUT2D eigenvalue weighted by Crippen LogP contribution is 2.39. The molecule has 0 amide bonds. The number of rotatable bonds is 9. The van der Waals surface area contributed by atoms with Gasteiger partial charge in [-0.15, -0.1) is 0 Å². The Balaban J connectivity index is 3.31. The Morgan fingerprint density at radius 1 is 0.917 bits per heavy atom. The maximum absolute atomic E-state index is 6.56. The van der Waals surface area contributed by atoms with Crippen molar-refractivity contribution in [1.29, 1.82) is 0 Å². The molecular formula is C18H32Cl2O2Si2. The molecule has 2 atom stereocenters. The van der Waals surface area contributed by atoms with Crippen molar-refractivity contribution in [1.82, 2.24) is 0 Å². The quantitative estimate of drug-likeness (QED) is 0.400. The zero-order valence-corrected chi connectivity index (χ0v) is 19.6. The summed E-state index contributed by atoms with van der Waals surface area (Å²) in [4.78, 5) is 0. The Labute approximate surface area is 160 Å². The highest BCUT2D eigenvalue weighted by atomic mass is 35.5. The lowest BCUT2D eigenvalue weighted by Crippen LogP contribution is -2.40. The first kappa shape index (κ1) is 22.2. The van der Waals surface area contributed by atoms with Crippen LogP contribution in [0.4, 0.5) is 0 Å². The predicted molar refractivity (Wildman–Crippen MR) is 111 cm³/mol. The second-order valence-corrected chi connectivity index (χ2v) is 17.9. The first-order valence-corrected chi connectivity index (χ1v) is 16.3. The summed E-state index contributed by atoms with van der Waals surface area (Å²) in [5, 5.41) is 1.32. The molecule has 0 aliphatic carbocycles. The Kier molecular flexibility index (Phi) is 8.50. The van der Waals surface area contributed by atoms with Gasteiger partial charge in [0, 0.05) is 15.6 Å². The zero-order valence-electron chi connectivity index (χ0n) is 16.1. The number of benzene rings is 1. The van der Waals surface area contributed by atoms with E-state index in [2.05, 4.69) is 46.2 Å². The summed E-state index contributed by atoms with van der Waals surface area (Å²) in [6.07, 6.45) is 2.96. The molecule has 0 fully saturated rings. The number of hydrogen-bond donors (Lipinski definition) is 0. The molecule has 0 saturated carbocycles. The lowest BCUT2D eigenvalue weighted by atomic mass is 10.00. The van der Waals surface area contributed by atoms with E-state index in [4.69, 9.17) is 32.1 Å². The van der Waals surface area contributed by atoms with Crippen molar-refractivity contribution < 1.29 is 8.85 Å². The van der Waals surface area contributed by atoms with E-state index in [0.29, 0.717) is 10.0 Å². The van der Waals surface area contributed by atoms with Gasteiger partial charge in [0.1, 0.15) is 0 Å². The van der Waals surface area contributed by atoms with Gasteiger partial charge in [0.2, 0.25) is 0 Å². The predicted octanol–water partition coefficient (Wildman–Crippen LogP) is 7.30. The molecule has 2 nitrogen and oxygen atoms in total. The van der Waals surface area contributed by atoms with Crippen molar-refractivity contribution >= 4 is 39.8 Å². The summed E-state index contributed by atoms with van der Waals surface area (Å²) >= 11 is 13.0. The number of halogens is 2. The molecule has 1 aromatic carbocycles. The second-order valence-electron chi connectivity index (χ2n) is 8.20. The van der Waals surface area contributed by atoms with E-state index in [9.17, 15) is 0 Å². The van der Waals surface area contributed by atoms with E-state index in [1.165, 1.54) is 0 Å². The average molecular weight is 408 g/mol. The van der Waals surface area contributed by atoms with Crippen molar-refractivity contribution in [3.63, 3.8) is 0 Å². The fraction of sp³-hybridized carbons (Fsp3) is 0.667. The maximum Gasteiger partial charge on any atom is 0.184 e. The molecule has 24 heavy (non-hydrogen) atoms. The Morgan fingerprint density at radius 2 is 1.42 bits per heavy atom. The zero-order chi connectivity index (χ0) is 18.5. The van der Waals surface area contributed by atoms with Crippen LogP contribution in [0.25, 0.3) is 0 Å². The van der Waals surface area contributed by atoms with E-state index in [1.54, 1.807) is 0 Å². The minimum absolute atomic E-state index is 0.0132. The van der Waals surface area contributed by atoms with Gasteiger partial charge in [0.15, 0.2) is 16.6 Å². The van der Waals surface area contributed by atoms with Crippen LogP contribution in [-0.4, -0.2) is 22.7 Å². The van der Waals surface area contributed by atoms with Crippen LogP contribution >= 0.6 is 23.2 Å². The van der Waals surface area contributed by atoms with Gasteiger partial charge in [-0.25, -0.2) is 0 Å². The van der Waals surface area contributed by atoms with E-state index >= 15 is 0 Å². The maximum atomic E-state index is 6.56. The normalized spacial score (nSPS) is 15.4. The van der Waals surface area contributed by atoms with Crippen LogP contribution < -0.4 is 0 Å². The highest BCUT2D eigenvalue weighted by molar-refractivity contribution is 6.70. The highest BCUT2D eigenvalue weighted by Gasteiger charge is 2.35. The molecule has 1 aromatic rings. The summed E-state index contributed by atoms with van der Waals surface area (Å²) in [5.74, 6) is 0. The summed E-state index contributed by atoms with van der Waals surface area (Å²) in [5.41, 5.74) is 0.877. The van der Waals surface area contributed by atoms with Crippen LogP contribution in [0.2, 0.25) is 49.3 Å². The third kappa shape index (κ3) is 7.58. The van der Waals surface area contributed by atoms with Crippen molar-refractivity contribution in [3.8, 4) is 0 Å². The molecule has 0 aliphatic heterocycles. The molecule has 0 bridgehead atoms. The van der Waals surface area contributed by atoms with Crippen molar-refractivity contribution in [2.75, 3.05) is 0 Å². The van der Waals surface area contributed by atoms with Crippen molar-refractivity contribution in [3.05, 3.63) is 33.8 Å². The van der Waals surface area contributed by atoms with Crippen LogP contribution in [0.15, 0.2) is 18.2 Å². The molecule has 6 heteroatoms. The van der Waals surface area contributed by atoms with Gasteiger partial charge in [-0.2, -0.15) is 0 Å². The molecule has 0 unspecified atom stereocenters. The van der Waals surface area contributed by atoms with Gasteiger partial charge in [-0.1, -0.05) is 49.0 Å². The Bertz CT molecular complexity index is 504. The van der Waals surface area contributed by atoms with Crippen LogP contribution in [0.1, 0.15) is 37.9 Å². The molecule has 0 radical (unpaired) electrons. The molecule has 0 heterocycles. The van der Waals surface area contributed by atoms with Gasteiger partial charge in [0.05, 0.1) is 12.2 Å². The van der Waals surface area contributed by atoms with Gasteiger partial charge >= 0.3 is 0 Å². The van der Waals surface area contributed by atoms with Crippen LogP contribution in [-0.2, 0) is 8.85 Å². The lowest BCUT2D eigenvalue weighted by molar-refractivity contribution is 0.0363.